The molecule has 2 saturated heterocycles. The monoisotopic (exact) mass is 792 g/mol. The first kappa shape index (κ1) is 38.1. The number of alkyl halides is 6. The van der Waals surface area contributed by atoms with E-state index >= 15 is 0 Å². The minimum Gasteiger partial charge on any atom is -0.361 e. The minimum absolute atomic E-state index is 0.0514. The maximum absolute atomic E-state index is 14.0. The topological polar surface area (TPSA) is 125 Å². The molecule has 0 radical (unpaired) electrons. The summed E-state index contributed by atoms with van der Waals surface area (Å²) in [6, 6.07) is 11.1. The molecule has 292 valence electrons. The van der Waals surface area contributed by atoms with Crippen LogP contribution in [0.1, 0.15) is 50.4 Å². The zero-order valence-electron chi connectivity index (χ0n) is 29.2. The third-order valence-electron chi connectivity index (χ3n) is 10.2. The first-order valence-electron chi connectivity index (χ1n) is 17.4. The van der Waals surface area contributed by atoms with Crippen molar-refractivity contribution in [2.45, 2.75) is 56.4 Å². The van der Waals surface area contributed by atoms with Gasteiger partial charge in [0.05, 0.1) is 24.5 Å². The second-order valence-corrected chi connectivity index (χ2v) is 15.4. The molecule has 0 atom stereocenters. The van der Waals surface area contributed by atoms with E-state index in [1.807, 2.05) is 12.1 Å². The van der Waals surface area contributed by atoms with Crippen LogP contribution in [-0.4, -0.2) is 84.7 Å². The first-order chi connectivity index (χ1) is 26.0. The highest BCUT2D eigenvalue weighted by molar-refractivity contribution is 7.90. The summed E-state index contributed by atoms with van der Waals surface area (Å²) in [6.45, 7) is 1.94. The molecule has 6 heterocycles. The lowest BCUT2D eigenvalue weighted by molar-refractivity contribution is -0.145. The lowest BCUT2D eigenvalue weighted by atomic mass is 10.0. The van der Waals surface area contributed by atoms with E-state index < -0.39 is 27.4 Å². The highest BCUT2D eigenvalue weighted by Crippen LogP contribution is 2.42. The van der Waals surface area contributed by atoms with E-state index in [1.54, 1.807) is 52.6 Å². The number of nitrogens with one attached hydrogen (secondary N) is 2. The molecule has 2 aromatic carbocycles. The number of likely N-dealkylation sites (tertiary alicyclic amines) is 1. The molecule has 1 amide bonds. The van der Waals surface area contributed by atoms with Crippen molar-refractivity contribution in [1.29, 1.82) is 0 Å². The van der Waals surface area contributed by atoms with Crippen molar-refractivity contribution in [2.75, 3.05) is 26.2 Å². The van der Waals surface area contributed by atoms with Crippen molar-refractivity contribution < 1.29 is 43.9 Å². The normalized spacial score (nSPS) is 16.8. The summed E-state index contributed by atoms with van der Waals surface area (Å²) in [4.78, 5) is 19.2. The molecule has 0 spiro atoms. The molecule has 0 bridgehead atoms. The Morgan fingerprint density at radius 1 is 0.782 bits per heavy atom. The SMILES string of the molecule is CC(=O)N1CCC(n2ncc(-c3c[nH]c4ccccc34)c2C(F)(F)F)CC1.O=S(=O)(N1CCC(n2cc(-c3c[nH]c4cc(F)ccc34)cn2)CC1)C(F)(F)F. The summed E-state index contributed by atoms with van der Waals surface area (Å²) in [5, 5.41) is 9.97. The Kier molecular flexibility index (Phi) is 10.0. The largest absolute Gasteiger partial charge is 0.511 e. The highest BCUT2D eigenvalue weighted by Gasteiger charge is 2.50. The van der Waals surface area contributed by atoms with Crippen molar-refractivity contribution in [3.63, 3.8) is 0 Å². The lowest BCUT2D eigenvalue weighted by Crippen LogP contribution is -2.45. The summed E-state index contributed by atoms with van der Waals surface area (Å²) in [5.74, 6) is -0.401. The Morgan fingerprint density at radius 2 is 1.42 bits per heavy atom. The number of carbonyl (C=O) groups is 1. The quantitative estimate of drug-likeness (QED) is 0.172. The number of aromatic amines is 2. The average Bonchev–Trinajstić information content (AvgIpc) is 3.96. The molecule has 2 aliphatic rings. The maximum atomic E-state index is 14.0. The van der Waals surface area contributed by atoms with E-state index in [0.717, 1.165) is 32.1 Å². The Bertz CT molecular complexity index is 2430. The number of nitrogens with zero attached hydrogens (tertiary/aromatic N) is 6. The summed E-state index contributed by atoms with van der Waals surface area (Å²) < 4.78 is 119. The van der Waals surface area contributed by atoms with E-state index in [-0.39, 0.29) is 55.3 Å². The molecule has 2 fully saturated rings. The Labute approximate surface area is 309 Å². The fourth-order valence-corrected chi connectivity index (χ4v) is 8.33. The van der Waals surface area contributed by atoms with Gasteiger partial charge in [-0.1, -0.05) is 18.2 Å². The van der Waals surface area contributed by atoms with Crippen LogP contribution in [-0.2, 0) is 21.0 Å². The van der Waals surface area contributed by atoms with Gasteiger partial charge in [0.15, 0.2) is 5.69 Å². The molecule has 4 aromatic heterocycles. The van der Waals surface area contributed by atoms with Gasteiger partial charge in [0.1, 0.15) is 5.82 Å². The number of benzene rings is 2. The van der Waals surface area contributed by atoms with E-state index in [9.17, 15) is 43.9 Å². The van der Waals surface area contributed by atoms with Crippen molar-refractivity contribution in [3.8, 4) is 22.3 Å². The molecule has 0 aliphatic carbocycles. The number of aromatic nitrogens is 6. The van der Waals surface area contributed by atoms with Crippen LogP contribution in [0.2, 0.25) is 0 Å². The van der Waals surface area contributed by atoms with Gasteiger partial charge in [-0.2, -0.15) is 40.8 Å². The van der Waals surface area contributed by atoms with E-state index in [2.05, 4.69) is 20.2 Å². The van der Waals surface area contributed by atoms with Gasteiger partial charge in [-0.15, -0.1) is 0 Å². The Balaban J connectivity index is 0.000000169. The van der Waals surface area contributed by atoms with Crippen LogP contribution >= 0.6 is 0 Å². The molecule has 2 N–H and O–H groups in total. The lowest BCUT2D eigenvalue weighted by Gasteiger charge is -2.32. The first-order valence-corrected chi connectivity index (χ1v) is 18.8. The van der Waals surface area contributed by atoms with Gasteiger partial charge in [0, 0.05) is 95.8 Å². The number of rotatable bonds is 5. The zero-order valence-corrected chi connectivity index (χ0v) is 30.0. The fourth-order valence-electron chi connectivity index (χ4n) is 7.35. The summed E-state index contributed by atoms with van der Waals surface area (Å²) in [7, 11) is -5.29. The number of amides is 1. The zero-order chi connectivity index (χ0) is 39.3. The maximum Gasteiger partial charge on any atom is 0.511 e. The molecular formula is C36H35F7N8O3S. The van der Waals surface area contributed by atoms with Gasteiger partial charge in [0.25, 0.3) is 0 Å². The second kappa shape index (κ2) is 14.5. The summed E-state index contributed by atoms with van der Waals surface area (Å²) >= 11 is 0. The van der Waals surface area contributed by atoms with Gasteiger partial charge in [-0.05, 0) is 49.9 Å². The van der Waals surface area contributed by atoms with E-state index in [0.29, 0.717) is 41.3 Å². The highest BCUT2D eigenvalue weighted by atomic mass is 32.2. The summed E-state index contributed by atoms with van der Waals surface area (Å²) in [6.07, 6.45) is 4.89. The molecule has 19 heteroatoms. The van der Waals surface area contributed by atoms with Gasteiger partial charge >= 0.3 is 21.7 Å². The smallest absolute Gasteiger partial charge is 0.361 e. The van der Waals surface area contributed by atoms with Crippen molar-refractivity contribution in [2.24, 2.45) is 0 Å². The number of carbonyl (C=O) groups excluding carboxylic acids is 1. The molecule has 2 aliphatic heterocycles. The molecular weight excluding hydrogens is 758 g/mol. The number of sulfonamides is 1. The third-order valence-corrected chi connectivity index (χ3v) is 11.8. The third kappa shape index (κ3) is 7.46. The number of fused-ring (bicyclic) bond motifs is 2. The number of para-hydroxylation sites is 1. The number of hydrogen-bond acceptors (Lipinski definition) is 5. The molecule has 0 saturated carbocycles. The summed E-state index contributed by atoms with van der Waals surface area (Å²) in [5.41, 5.74) is -2.40. The number of hydrogen-bond donors (Lipinski definition) is 2. The second-order valence-electron chi connectivity index (χ2n) is 13.5. The molecule has 8 rings (SSSR count). The van der Waals surface area contributed by atoms with Crippen LogP contribution in [0, 0.1) is 5.82 Å². The predicted molar refractivity (Wildman–Crippen MR) is 189 cm³/mol. The van der Waals surface area contributed by atoms with Crippen LogP contribution in [0.4, 0.5) is 30.7 Å². The Morgan fingerprint density at radius 3 is 2.09 bits per heavy atom. The fraction of sp³-hybridized carbons (Fsp3) is 0.361. The molecule has 0 unspecified atom stereocenters. The van der Waals surface area contributed by atoms with Crippen molar-refractivity contribution >= 4 is 37.7 Å². The van der Waals surface area contributed by atoms with Crippen LogP contribution in [0.3, 0.4) is 0 Å². The van der Waals surface area contributed by atoms with E-state index in [1.165, 1.54) is 25.3 Å². The Hall–Kier alpha value is -5.17. The van der Waals surface area contributed by atoms with Crippen LogP contribution in [0.25, 0.3) is 44.1 Å². The molecule has 11 nitrogen and oxygen atoms in total. The van der Waals surface area contributed by atoms with Crippen LogP contribution < -0.4 is 0 Å². The van der Waals surface area contributed by atoms with Gasteiger partial charge < -0.3 is 14.9 Å². The van der Waals surface area contributed by atoms with Crippen LogP contribution in [0.15, 0.2) is 73.4 Å². The van der Waals surface area contributed by atoms with Gasteiger partial charge in [0.2, 0.25) is 5.91 Å². The van der Waals surface area contributed by atoms with Crippen molar-refractivity contribution in [1.82, 2.24) is 38.7 Å². The number of halogens is 7. The van der Waals surface area contributed by atoms with Gasteiger partial charge in [-0.25, -0.2) is 12.8 Å². The van der Waals surface area contributed by atoms with Crippen molar-refractivity contribution in [3.05, 3.63) is 85.0 Å². The average molecular weight is 793 g/mol. The molecule has 6 aromatic rings. The number of H-pyrrole nitrogens is 2. The van der Waals surface area contributed by atoms with Crippen LogP contribution in [0.5, 0.6) is 0 Å². The standard InChI is InChI=1S/C19H19F3N4O.C17H16F4N4O2S/c1-12(27)25-8-6-13(7-9-25)26-18(19(20,21)22)16(11-24-26)15-10-23-17-5-3-2-4-14(15)17;18-12-1-2-14-15(9-22-16(14)7-12)11-8-23-25(10-11)13-3-5-24(6-4-13)28(26,27)17(19,20)21/h2-5,10-11,13,23H,6-9H2,1H3;1-2,7-10,13,22H,3-6H2. The minimum atomic E-state index is -5.29. The van der Waals surface area contributed by atoms with Gasteiger partial charge in [-0.3, -0.25) is 14.2 Å². The predicted octanol–water partition coefficient (Wildman–Crippen LogP) is 7.89. The van der Waals surface area contributed by atoms with E-state index in [4.69, 9.17) is 0 Å². The number of piperidine rings is 2. The molecule has 55 heavy (non-hydrogen) atoms.